The van der Waals surface area contributed by atoms with Crippen LogP contribution in [0.2, 0.25) is 0 Å². The summed E-state index contributed by atoms with van der Waals surface area (Å²) < 4.78 is 0. The number of carbonyl (C=O) groups is 2. The zero-order chi connectivity index (χ0) is 20.7. The molecule has 1 saturated carbocycles. The van der Waals surface area contributed by atoms with Crippen LogP contribution < -0.4 is 10.2 Å². The van der Waals surface area contributed by atoms with E-state index in [1.165, 1.54) is 42.5 Å². The average Bonchev–Trinajstić information content (AvgIpc) is 3.33. The van der Waals surface area contributed by atoms with Crippen molar-refractivity contribution in [2.75, 3.05) is 11.4 Å². The van der Waals surface area contributed by atoms with Gasteiger partial charge in [0.1, 0.15) is 0 Å². The highest BCUT2D eigenvalue weighted by atomic mass is 32.2. The van der Waals surface area contributed by atoms with Crippen LogP contribution in [0, 0.1) is 5.41 Å². The molecule has 2 heterocycles. The molecule has 1 spiro atoms. The fourth-order valence-corrected chi connectivity index (χ4v) is 6.48. The molecule has 5 rings (SSSR count). The highest BCUT2D eigenvalue weighted by Crippen LogP contribution is 2.48. The summed E-state index contributed by atoms with van der Waals surface area (Å²) in [6.07, 6.45) is 6.37. The molecule has 2 aliphatic heterocycles. The summed E-state index contributed by atoms with van der Waals surface area (Å²) in [5.74, 6) is -0.149. The smallest absolute Gasteiger partial charge is 0.286 e. The third-order valence-corrected chi connectivity index (χ3v) is 8.31. The lowest BCUT2D eigenvalue weighted by molar-refractivity contribution is -0.119. The van der Waals surface area contributed by atoms with Crippen LogP contribution in [0.15, 0.2) is 48.5 Å². The number of anilines is 1. The summed E-state index contributed by atoms with van der Waals surface area (Å²) in [6, 6.07) is 17.4. The van der Waals surface area contributed by atoms with Gasteiger partial charge in [0.15, 0.2) is 0 Å². The maximum atomic E-state index is 12.2. The number of thioether (sulfide) groups is 1. The van der Waals surface area contributed by atoms with Gasteiger partial charge in [-0.2, -0.15) is 0 Å². The van der Waals surface area contributed by atoms with E-state index in [2.05, 4.69) is 65.7 Å². The maximum Gasteiger partial charge on any atom is 0.286 e. The van der Waals surface area contributed by atoms with Gasteiger partial charge in [-0.05, 0) is 47.4 Å². The minimum Gasteiger partial charge on any atom is -0.366 e. The van der Waals surface area contributed by atoms with Gasteiger partial charge < -0.3 is 4.90 Å². The third kappa shape index (κ3) is 3.64. The topological polar surface area (TPSA) is 49.4 Å². The maximum absolute atomic E-state index is 12.2. The summed E-state index contributed by atoms with van der Waals surface area (Å²) in [5.41, 5.74) is 5.60. The van der Waals surface area contributed by atoms with Crippen LogP contribution >= 0.6 is 11.8 Å². The average molecular weight is 421 g/mol. The number of fused-ring (bicyclic) bond motifs is 1. The molecule has 5 heteroatoms. The molecule has 2 amide bonds. The van der Waals surface area contributed by atoms with Crippen LogP contribution in [0.1, 0.15) is 55.2 Å². The van der Waals surface area contributed by atoms with E-state index in [0.29, 0.717) is 5.41 Å². The Morgan fingerprint density at radius 2 is 1.90 bits per heavy atom. The van der Waals surface area contributed by atoms with Crippen LogP contribution in [-0.2, 0) is 17.8 Å². The van der Waals surface area contributed by atoms with Gasteiger partial charge in [0.2, 0.25) is 5.91 Å². The standard InChI is InChI=1S/C25H28N2O2S/c1-17(22-23(28)26-24(29)30-22)19-9-10-21-20(13-19)14-25(11-5-6-12-25)16-27(21)15-18-7-3-2-4-8-18/h2-4,7-10,13,17,22H,5-6,11-12,14-16H2,1H3,(H,26,28,29). The zero-order valence-corrected chi connectivity index (χ0v) is 18.2. The second-order valence-electron chi connectivity index (χ2n) is 9.22. The van der Waals surface area contributed by atoms with Crippen LogP contribution in [0.25, 0.3) is 0 Å². The van der Waals surface area contributed by atoms with Gasteiger partial charge in [-0.25, -0.2) is 0 Å². The minimum absolute atomic E-state index is 0.00998. The van der Waals surface area contributed by atoms with Crippen molar-refractivity contribution in [1.82, 2.24) is 5.32 Å². The lowest BCUT2D eigenvalue weighted by Crippen LogP contribution is -2.42. The monoisotopic (exact) mass is 420 g/mol. The Hall–Kier alpha value is -2.27. The van der Waals surface area contributed by atoms with Crippen molar-refractivity contribution in [3.63, 3.8) is 0 Å². The fourth-order valence-electron chi connectivity index (χ4n) is 5.57. The first kappa shape index (κ1) is 19.7. The van der Waals surface area contributed by atoms with Crippen molar-refractivity contribution in [2.24, 2.45) is 5.41 Å². The van der Waals surface area contributed by atoms with Gasteiger partial charge in [-0.15, -0.1) is 0 Å². The first-order valence-corrected chi connectivity index (χ1v) is 11.8. The predicted molar refractivity (Wildman–Crippen MR) is 122 cm³/mol. The molecule has 2 aromatic rings. The summed E-state index contributed by atoms with van der Waals surface area (Å²) in [4.78, 5) is 26.4. The molecule has 2 fully saturated rings. The Labute approximate surface area is 182 Å². The molecule has 0 radical (unpaired) electrons. The van der Waals surface area contributed by atoms with E-state index in [4.69, 9.17) is 0 Å². The second-order valence-corrected chi connectivity index (χ2v) is 10.3. The highest BCUT2D eigenvalue weighted by molar-refractivity contribution is 8.15. The minimum atomic E-state index is -0.333. The molecular weight excluding hydrogens is 392 g/mol. The number of rotatable bonds is 4. The first-order valence-electron chi connectivity index (χ1n) is 11.0. The number of nitrogens with one attached hydrogen (secondary N) is 1. The van der Waals surface area contributed by atoms with Gasteiger partial charge in [-0.3, -0.25) is 14.9 Å². The molecule has 1 N–H and O–H groups in total. The highest BCUT2D eigenvalue weighted by Gasteiger charge is 2.41. The molecule has 1 saturated heterocycles. The molecule has 30 heavy (non-hydrogen) atoms. The van der Waals surface area contributed by atoms with E-state index in [1.54, 1.807) is 0 Å². The Morgan fingerprint density at radius 3 is 2.60 bits per heavy atom. The number of benzene rings is 2. The normalized spacial score (nSPS) is 23.5. The van der Waals surface area contributed by atoms with Crippen LogP contribution in [0.4, 0.5) is 10.5 Å². The van der Waals surface area contributed by atoms with E-state index in [-0.39, 0.29) is 22.3 Å². The van der Waals surface area contributed by atoms with Crippen molar-refractivity contribution in [3.05, 3.63) is 65.2 Å². The zero-order valence-electron chi connectivity index (χ0n) is 17.4. The van der Waals surface area contributed by atoms with Crippen LogP contribution in [0.5, 0.6) is 0 Å². The molecule has 2 unspecified atom stereocenters. The quantitative estimate of drug-likeness (QED) is 0.733. The number of hydrogen-bond donors (Lipinski definition) is 1. The van der Waals surface area contributed by atoms with Crippen molar-refractivity contribution >= 4 is 28.6 Å². The largest absolute Gasteiger partial charge is 0.366 e. The number of hydrogen-bond acceptors (Lipinski definition) is 4. The van der Waals surface area contributed by atoms with E-state index in [1.807, 2.05) is 0 Å². The summed E-state index contributed by atoms with van der Waals surface area (Å²) in [6.45, 7) is 4.12. The van der Waals surface area contributed by atoms with Crippen molar-refractivity contribution in [3.8, 4) is 0 Å². The molecule has 0 aromatic heterocycles. The van der Waals surface area contributed by atoms with Gasteiger partial charge in [0, 0.05) is 24.7 Å². The third-order valence-electron chi connectivity index (χ3n) is 7.11. The van der Waals surface area contributed by atoms with Gasteiger partial charge in [-0.1, -0.05) is 74.0 Å². The molecule has 1 aliphatic carbocycles. The summed E-state index contributed by atoms with van der Waals surface area (Å²) in [7, 11) is 0. The van der Waals surface area contributed by atoms with Gasteiger partial charge >= 0.3 is 0 Å². The van der Waals surface area contributed by atoms with Crippen LogP contribution in [-0.4, -0.2) is 22.9 Å². The van der Waals surface area contributed by atoms with Crippen molar-refractivity contribution < 1.29 is 9.59 Å². The number of carbonyl (C=O) groups excluding carboxylic acids is 2. The molecule has 0 bridgehead atoms. The summed E-state index contributed by atoms with van der Waals surface area (Å²) in [5, 5.41) is 1.87. The predicted octanol–water partition coefficient (Wildman–Crippen LogP) is 5.26. The number of amides is 2. The first-order chi connectivity index (χ1) is 14.5. The molecule has 2 atom stereocenters. The number of imide groups is 1. The summed E-state index contributed by atoms with van der Waals surface area (Å²) >= 11 is 1.13. The van der Waals surface area contributed by atoms with Gasteiger partial charge in [0.05, 0.1) is 5.25 Å². The van der Waals surface area contributed by atoms with Gasteiger partial charge in [0.25, 0.3) is 5.24 Å². The fraction of sp³-hybridized carbons (Fsp3) is 0.440. The van der Waals surface area contributed by atoms with Crippen molar-refractivity contribution in [2.45, 2.75) is 56.7 Å². The molecule has 2 aromatic carbocycles. The Kier molecular flexibility index (Phi) is 5.10. The van der Waals surface area contributed by atoms with E-state index in [9.17, 15) is 9.59 Å². The SMILES string of the molecule is CC(c1ccc2c(c1)CC1(CCCC1)CN2Cc1ccccc1)C1SC(=O)NC1=O. The van der Waals surface area contributed by atoms with E-state index >= 15 is 0 Å². The Morgan fingerprint density at radius 1 is 1.13 bits per heavy atom. The van der Waals surface area contributed by atoms with E-state index in [0.717, 1.165) is 36.8 Å². The Balaban J connectivity index is 1.47. The molecule has 4 nitrogen and oxygen atoms in total. The molecule has 156 valence electrons. The molecular formula is C25H28N2O2S. The lowest BCUT2D eigenvalue weighted by Gasteiger charge is -2.43. The van der Waals surface area contributed by atoms with Crippen LogP contribution in [0.3, 0.4) is 0 Å². The number of nitrogens with zero attached hydrogens (tertiary/aromatic N) is 1. The molecule has 3 aliphatic rings. The second kappa shape index (κ2) is 7.77. The van der Waals surface area contributed by atoms with E-state index < -0.39 is 0 Å². The van der Waals surface area contributed by atoms with Crippen molar-refractivity contribution in [1.29, 1.82) is 0 Å². The lowest BCUT2D eigenvalue weighted by atomic mass is 9.75. The Bertz CT molecular complexity index is 968.